The van der Waals surface area contributed by atoms with Crippen LogP contribution in [0.15, 0.2) is 18.2 Å². The first-order valence-corrected chi connectivity index (χ1v) is 3.00. The molecule has 10 heavy (non-hydrogen) atoms. The van der Waals surface area contributed by atoms with Gasteiger partial charge in [0.15, 0.2) is 0 Å². The molecule has 0 aliphatic rings. The number of hydrogen-bond acceptors (Lipinski definition) is 3. The van der Waals surface area contributed by atoms with Gasteiger partial charge in [-0.15, -0.1) is 0 Å². The smallest absolute Gasteiger partial charge is 0.117 e. The molecule has 4 N–H and O–H groups in total. The minimum atomic E-state index is 0.221. The lowest BCUT2D eigenvalue weighted by molar-refractivity contribution is 0.475. The average Bonchev–Trinajstić information content (AvgIpc) is 1.94. The van der Waals surface area contributed by atoms with Gasteiger partial charge in [0.25, 0.3) is 0 Å². The van der Waals surface area contributed by atoms with Gasteiger partial charge in [0.2, 0.25) is 0 Å². The van der Waals surface area contributed by atoms with Gasteiger partial charge in [0.1, 0.15) is 5.75 Å². The number of nitrogen functional groups attached to an aromatic ring is 1. The minimum Gasteiger partial charge on any atom is -0.508 e. The Bertz CT molecular complexity index is 235. The summed E-state index contributed by atoms with van der Waals surface area (Å²) < 4.78 is 0. The van der Waals surface area contributed by atoms with Crippen molar-refractivity contribution >= 4 is 11.4 Å². The Morgan fingerprint density at radius 2 is 2.20 bits per heavy atom. The van der Waals surface area contributed by atoms with Gasteiger partial charge in [0.05, 0.1) is 11.4 Å². The second-order valence-corrected chi connectivity index (χ2v) is 2.02. The fourth-order valence-corrected chi connectivity index (χ4v) is 0.761. The van der Waals surface area contributed by atoms with E-state index in [1.54, 1.807) is 25.2 Å². The van der Waals surface area contributed by atoms with Crippen molar-refractivity contribution in [2.24, 2.45) is 0 Å². The molecular weight excluding hydrogens is 128 g/mol. The van der Waals surface area contributed by atoms with Gasteiger partial charge in [-0.05, 0) is 12.1 Å². The maximum Gasteiger partial charge on any atom is 0.117 e. The Morgan fingerprint density at radius 1 is 1.50 bits per heavy atom. The predicted molar refractivity (Wildman–Crippen MR) is 42.1 cm³/mol. The van der Waals surface area contributed by atoms with E-state index in [0.717, 1.165) is 5.69 Å². The summed E-state index contributed by atoms with van der Waals surface area (Å²) in [6.45, 7) is 0. The molecule has 3 nitrogen and oxygen atoms in total. The van der Waals surface area contributed by atoms with E-state index in [-0.39, 0.29) is 5.75 Å². The molecule has 0 saturated heterocycles. The maximum atomic E-state index is 8.97. The Hall–Kier alpha value is -1.38. The second kappa shape index (κ2) is 2.47. The average molecular weight is 138 g/mol. The summed E-state index contributed by atoms with van der Waals surface area (Å²) in [6, 6.07) is 4.78. The van der Waals surface area contributed by atoms with Crippen LogP contribution in [0.2, 0.25) is 0 Å². The highest BCUT2D eigenvalue weighted by atomic mass is 16.3. The molecule has 0 spiro atoms. The topological polar surface area (TPSA) is 58.3 Å². The zero-order valence-corrected chi connectivity index (χ0v) is 5.76. The lowest BCUT2D eigenvalue weighted by Crippen LogP contribution is -1.94. The highest BCUT2D eigenvalue weighted by Crippen LogP contribution is 2.22. The van der Waals surface area contributed by atoms with E-state index >= 15 is 0 Å². The van der Waals surface area contributed by atoms with Gasteiger partial charge in [-0.25, -0.2) is 0 Å². The standard InChI is InChI=1S/C7H10N2O/c1-9-7-4-5(10)2-3-6(7)8/h2-4,9-10H,8H2,1H3. The van der Waals surface area contributed by atoms with Crippen molar-refractivity contribution in [1.29, 1.82) is 0 Å². The van der Waals surface area contributed by atoms with Crippen LogP contribution in [0.5, 0.6) is 5.75 Å². The summed E-state index contributed by atoms with van der Waals surface area (Å²) in [5.41, 5.74) is 6.92. The maximum absolute atomic E-state index is 8.97. The monoisotopic (exact) mass is 138 g/mol. The Labute approximate surface area is 59.5 Å². The summed E-state index contributed by atoms with van der Waals surface area (Å²) in [5, 5.41) is 11.8. The lowest BCUT2D eigenvalue weighted by Gasteiger charge is -2.03. The van der Waals surface area contributed by atoms with Gasteiger partial charge in [-0.1, -0.05) is 0 Å². The zero-order valence-electron chi connectivity index (χ0n) is 5.76. The third-order valence-corrected chi connectivity index (χ3v) is 1.31. The third-order valence-electron chi connectivity index (χ3n) is 1.31. The van der Waals surface area contributed by atoms with Crippen molar-refractivity contribution in [3.63, 3.8) is 0 Å². The first-order chi connectivity index (χ1) is 4.74. The van der Waals surface area contributed by atoms with Crippen molar-refractivity contribution in [2.45, 2.75) is 0 Å². The number of phenolic OH excluding ortho intramolecular Hbond substituents is 1. The van der Waals surface area contributed by atoms with E-state index in [1.165, 1.54) is 0 Å². The molecule has 54 valence electrons. The molecule has 0 amide bonds. The summed E-state index contributed by atoms with van der Waals surface area (Å²) in [7, 11) is 1.76. The van der Waals surface area contributed by atoms with E-state index in [1.807, 2.05) is 0 Å². The SMILES string of the molecule is CNc1cc(O)ccc1N. The summed E-state index contributed by atoms with van der Waals surface area (Å²) in [6.07, 6.45) is 0. The van der Waals surface area contributed by atoms with E-state index in [9.17, 15) is 0 Å². The second-order valence-electron chi connectivity index (χ2n) is 2.02. The fourth-order valence-electron chi connectivity index (χ4n) is 0.761. The van der Waals surface area contributed by atoms with Crippen LogP contribution in [0, 0.1) is 0 Å². The largest absolute Gasteiger partial charge is 0.508 e. The normalized spacial score (nSPS) is 9.30. The quantitative estimate of drug-likeness (QED) is 0.401. The first-order valence-electron chi connectivity index (χ1n) is 3.00. The summed E-state index contributed by atoms with van der Waals surface area (Å²) in [5.74, 6) is 0.221. The Kier molecular flexibility index (Phi) is 1.67. The number of aromatic hydroxyl groups is 1. The van der Waals surface area contributed by atoms with Gasteiger partial charge < -0.3 is 16.2 Å². The molecule has 1 aromatic carbocycles. The van der Waals surface area contributed by atoms with Crippen molar-refractivity contribution in [3.05, 3.63) is 18.2 Å². The number of anilines is 2. The lowest BCUT2D eigenvalue weighted by atomic mass is 10.2. The van der Waals surface area contributed by atoms with Crippen LogP contribution in [0.3, 0.4) is 0 Å². The zero-order chi connectivity index (χ0) is 7.56. The number of nitrogens with two attached hydrogens (primary N) is 1. The van der Waals surface area contributed by atoms with E-state index in [0.29, 0.717) is 5.69 Å². The number of benzene rings is 1. The molecule has 0 atom stereocenters. The predicted octanol–water partition coefficient (Wildman–Crippen LogP) is 1.02. The van der Waals surface area contributed by atoms with Crippen LogP contribution >= 0.6 is 0 Å². The molecule has 0 radical (unpaired) electrons. The number of rotatable bonds is 1. The fraction of sp³-hybridized carbons (Fsp3) is 0.143. The molecule has 0 aliphatic heterocycles. The molecule has 1 aromatic rings. The van der Waals surface area contributed by atoms with Crippen molar-refractivity contribution in [2.75, 3.05) is 18.1 Å². The molecule has 3 heteroatoms. The van der Waals surface area contributed by atoms with E-state index < -0.39 is 0 Å². The van der Waals surface area contributed by atoms with Crippen LogP contribution in [0.4, 0.5) is 11.4 Å². The van der Waals surface area contributed by atoms with Gasteiger partial charge >= 0.3 is 0 Å². The number of hydrogen-bond donors (Lipinski definition) is 3. The van der Waals surface area contributed by atoms with Crippen LogP contribution in [0.25, 0.3) is 0 Å². The number of nitrogens with one attached hydrogen (secondary N) is 1. The first kappa shape index (κ1) is 6.74. The molecule has 0 bridgehead atoms. The molecule has 1 rings (SSSR count). The van der Waals surface area contributed by atoms with Crippen molar-refractivity contribution in [1.82, 2.24) is 0 Å². The molecule has 0 unspecified atom stereocenters. The molecule has 0 aliphatic carbocycles. The van der Waals surface area contributed by atoms with Crippen LogP contribution < -0.4 is 11.1 Å². The molecule has 0 fully saturated rings. The van der Waals surface area contributed by atoms with Crippen molar-refractivity contribution < 1.29 is 5.11 Å². The summed E-state index contributed by atoms with van der Waals surface area (Å²) >= 11 is 0. The van der Waals surface area contributed by atoms with Gasteiger partial charge in [0, 0.05) is 13.1 Å². The highest BCUT2D eigenvalue weighted by Gasteiger charge is 1.95. The molecule has 0 saturated carbocycles. The minimum absolute atomic E-state index is 0.221. The molecule has 0 heterocycles. The summed E-state index contributed by atoms with van der Waals surface area (Å²) in [4.78, 5) is 0. The third kappa shape index (κ3) is 1.13. The Balaban J connectivity index is 3.09. The molecule has 0 aromatic heterocycles. The molecular formula is C7H10N2O. The number of phenols is 1. The van der Waals surface area contributed by atoms with E-state index in [4.69, 9.17) is 10.8 Å². The van der Waals surface area contributed by atoms with Crippen molar-refractivity contribution in [3.8, 4) is 5.75 Å². The Morgan fingerprint density at radius 3 is 2.70 bits per heavy atom. The van der Waals surface area contributed by atoms with Gasteiger partial charge in [-0.3, -0.25) is 0 Å². The van der Waals surface area contributed by atoms with Crippen LogP contribution in [-0.4, -0.2) is 12.2 Å². The van der Waals surface area contributed by atoms with Crippen LogP contribution in [-0.2, 0) is 0 Å². The van der Waals surface area contributed by atoms with Crippen LogP contribution in [0.1, 0.15) is 0 Å². The highest BCUT2D eigenvalue weighted by molar-refractivity contribution is 5.67. The van der Waals surface area contributed by atoms with Gasteiger partial charge in [-0.2, -0.15) is 0 Å². The van der Waals surface area contributed by atoms with E-state index in [2.05, 4.69) is 5.32 Å².